The minimum Gasteiger partial charge on any atom is -0.331 e. The standard InChI is InChI=1S/C18H24ClN3S2/c1-3-8-22-17-14(20-18(22)23)6-7-15(16(17)19)24-13-9-11-4-5-12(10-13)21(11)2/h6-7,11-13H,3-5,8-10H2,1-2H3,(H,20,23). The first-order chi connectivity index (χ1) is 11.6. The number of nitrogens with one attached hydrogen (secondary N) is 1. The summed E-state index contributed by atoms with van der Waals surface area (Å²) >= 11 is 14.3. The summed E-state index contributed by atoms with van der Waals surface area (Å²) in [6.07, 6.45) is 6.32. The first-order valence-electron chi connectivity index (χ1n) is 8.88. The quantitative estimate of drug-likeness (QED) is 0.709. The molecule has 130 valence electrons. The molecule has 2 unspecified atom stereocenters. The summed E-state index contributed by atoms with van der Waals surface area (Å²) in [6.45, 7) is 3.08. The predicted molar refractivity (Wildman–Crippen MR) is 106 cm³/mol. The van der Waals surface area contributed by atoms with Crippen molar-refractivity contribution in [1.82, 2.24) is 14.5 Å². The molecule has 6 heteroatoms. The number of benzene rings is 1. The van der Waals surface area contributed by atoms with Gasteiger partial charge in [0, 0.05) is 28.8 Å². The van der Waals surface area contributed by atoms with Crippen molar-refractivity contribution >= 4 is 46.6 Å². The molecule has 3 nitrogen and oxygen atoms in total. The molecule has 1 aromatic carbocycles. The normalized spacial score (nSPS) is 27.2. The van der Waals surface area contributed by atoms with E-state index in [0.717, 1.165) is 45.9 Å². The highest BCUT2D eigenvalue weighted by atomic mass is 35.5. The van der Waals surface area contributed by atoms with Crippen LogP contribution in [0.5, 0.6) is 0 Å². The molecule has 0 saturated carbocycles. The van der Waals surface area contributed by atoms with Crippen molar-refractivity contribution in [3.63, 3.8) is 0 Å². The molecule has 2 saturated heterocycles. The zero-order valence-electron chi connectivity index (χ0n) is 14.2. The van der Waals surface area contributed by atoms with Gasteiger partial charge in [0.2, 0.25) is 0 Å². The topological polar surface area (TPSA) is 24.0 Å². The monoisotopic (exact) mass is 381 g/mol. The summed E-state index contributed by atoms with van der Waals surface area (Å²) in [5.41, 5.74) is 2.12. The molecule has 4 rings (SSSR count). The van der Waals surface area contributed by atoms with E-state index in [0.29, 0.717) is 5.25 Å². The van der Waals surface area contributed by atoms with Crippen LogP contribution in [0.15, 0.2) is 17.0 Å². The molecule has 1 aromatic heterocycles. The van der Waals surface area contributed by atoms with E-state index in [1.165, 1.54) is 30.6 Å². The van der Waals surface area contributed by atoms with Crippen LogP contribution in [0.2, 0.25) is 5.02 Å². The molecule has 2 aliphatic heterocycles. The van der Waals surface area contributed by atoms with Crippen LogP contribution >= 0.6 is 35.6 Å². The van der Waals surface area contributed by atoms with Crippen molar-refractivity contribution in [2.24, 2.45) is 0 Å². The lowest BCUT2D eigenvalue weighted by Gasteiger charge is -2.36. The third-order valence-electron chi connectivity index (χ3n) is 5.63. The number of hydrogen-bond acceptors (Lipinski definition) is 3. The van der Waals surface area contributed by atoms with Crippen LogP contribution in [0.3, 0.4) is 0 Å². The molecule has 0 aliphatic carbocycles. The fraction of sp³-hybridized carbons (Fsp3) is 0.611. The molecule has 0 amide bonds. The maximum Gasteiger partial charge on any atom is 0.178 e. The Hall–Kier alpha value is -0.490. The average molecular weight is 382 g/mol. The highest BCUT2D eigenvalue weighted by molar-refractivity contribution is 8.00. The molecule has 2 aliphatic rings. The van der Waals surface area contributed by atoms with Crippen molar-refractivity contribution in [2.45, 2.75) is 67.8 Å². The first kappa shape index (κ1) is 17.0. The second-order valence-corrected chi connectivity index (χ2v) is 9.22. The van der Waals surface area contributed by atoms with Crippen LogP contribution in [0.4, 0.5) is 0 Å². The zero-order valence-corrected chi connectivity index (χ0v) is 16.6. The van der Waals surface area contributed by atoms with Gasteiger partial charge in [-0.3, -0.25) is 0 Å². The number of piperidine rings is 1. The molecule has 24 heavy (non-hydrogen) atoms. The fourth-order valence-electron chi connectivity index (χ4n) is 4.36. The van der Waals surface area contributed by atoms with Gasteiger partial charge in [-0.1, -0.05) is 18.5 Å². The molecule has 1 N–H and O–H groups in total. The number of halogens is 1. The average Bonchev–Trinajstić information content (AvgIpc) is 2.96. The molecule has 0 spiro atoms. The predicted octanol–water partition coefficient (Wildman–Crippen LogP) is 5.48. The van der Waals surface area contributed by atoms with Gasteiger partial charge in [-0.25, -0.2) is 0 Å². The van der Waals surface area contributed by atoms with E-state index in [1.54, 1.807) is 0 Å². The van der Waals surface area contributed by atoms with Gasteiger partial charge in [0.15, 0.2) is 4.77 Å². The van der Waals surface area contributed by atoms with Crippen LogP contribution in [0.25, 0.3) is 11.0 Å². The summed E-state index contributed by atoms with van der Waals surface area (Å²) in [6, 6.07) is 5.83. The number of aryl methyl sites for hydroxylation is 1. The number of hydrogen-bond donors (Lipinski definition) is 1. The van der Waals surface area contributed by atoms with Crippen LogP contribution in [-0.2, 0) is 6.54 Å². The van der Waals surface area contributed by atoms with Gasteiger partial charge in [0.1, 0.15) is 0 Å². The number of H-pyrrole nitrogens is 1. The van der Waals surface area contributed by atoms with Crippen LogP contribution < -0.4 is 0 Å². The second-order valence-electron chi connectivity index (χ2n) is 7.12. The van der Waals surface area contributed by atoms with Gasteiger partial charge in [-0.2, -0.15) is 0 Å². The van der Waals surface area contributed by atoms with Crippen LogP contribution in [0, 0.1) is 4.77 Å². The molecular weight excluding hydrogens is 358 g/mol. The van der Waals surface area contributed by atoms with Crippen LogP contribution in [-0.4, -0.2) is 38.8 Å². The maximum atomic E-state index is 6.81. The van der Waals surface area contributed by atoms with Gasteiger partial charge in [-0.15, -0.1) is 11.8 Å². The van der Waals surface area contributed by atoms with Gasteiger partial charge >= 0.3 is 0 Å². The van der Waals surface area contributed by atoms with E-state index in [4.69, 9.17) is 23.8 Å². The Morgan fingerprint density at radius 2 is 2.00 bits per heavy atom. The van der Waals surface area contributed by atoms with Gasteiger partial charge < -0.3 is 14.5 Å². The van der Waals surface area contributed by atoms with Gasteiger partial charge in [0.05, 0.1) is 16.1 Å². The highest BCUT2D eigenvalue weighted by Crippen LogP contribution is 2.44. The Balaban J connectivity index is 1.64. The smallest absolute Gasteiger partial charge is 0.178 e. The number of aromatic nitrogens is 2. The molecule has 0 radical (unpaired) electrons. The first-order valence-corrected chi connectivity index (χ1v) is 10.5. The summed E-state index contributed by atoms with van der Waals surface area (Å²) in [5.74, 6) is 0. The lowest BCUT2D eigenvalue weighted by atomic mass is 10.0. The highest BCUT2D eigenvalue weighted by Gasteiger charge is 2.38. The van der Waals surface area contributed by atoms with E-state index < -0.39 is 0 Å². The lowest BCUT2D eigenvalue weighted by Crippen LogP contribution is -2.40. The minimum atomic E-state index is 0.676. The maximum absolute atomic E-state index is 6.81. The Morgan fingerprint density at radius 1 is 1.29 bits per heavy atom. The third kappa shape index (κ3) is 2.83. The Morgan fingerprint density at radius 3 is 2.67 bits per heavy atom. The minimum absolute atomic E-state index is 0.676. The van der Waals surface area contributed by atoms with E-state index in [1.807, 2.05) is 11.8 Å². The summed E-state index contributed by atoms with van der Waals surface area (Å²) in [7, 11) is 2.29. The molecule has 2 fully saturated rings. The largest absolute Gasteiger partial charge is 0.331 e. The second kappa shape index (κ2) is 6.67. The van der Waals surface area contributed by atoms with Crippen molar-refractivity contribution < 1.29 is 0 Å². The summed E-state index contributed by atoms with van der Waals surface area (Å²) in [5, 5.41) is 1.54. The van der Waals surface area contributed by atoms with Crippen LogP contribution in [0.1, 0.15) is 39.0 Å². The van der Waals surface area contributed by atoms with Crippen molar-refractivity contribution in [3.8, 4) is 0 Å². The number of imidazole rings is 1. The molecule has 3 heterocycles. The zero-order chi connectivity index (χ0) is 16.8. The Labute approximate surface area is 157 Å². The van der Waals surface area contributed by atoms with Gasteiger partial charge in [-0.05, 0) is 63.5 Å². The van der Waals surface area contributed by atoms with Crippen molar-refractivity contribution in [3.05, 3.63) is 21.9 Å². The number of aromatic amines is 1. The Bertz CT molecular complexity index is 798. The summed E-state index contributed by atoms with van der Waals surface area (Å²) < 4.78 is 2.92. The summed E-state index contributed by atoms with van der Waals surface area (Å²) in [4.78, 5) is 7.09. The number of nitrogens with zero attached hydrogens (tertiary/aromatic N) is 2. The molecular formula is C18H24ClN3S2. The lowest BCUT2D eigenvalue weighted by molar-refractivity contribution is 0.183. The van der Waals surface area contributed by atoms with Crippen molar-refractivity contribution in [2.75, 3.05) is 7.05 Å². The SMILES string of the molecule is CCCn1c(=S)[nH]c2ccc(SC3CC4CCC(C3)N4C)c(Cl)c21. The number of thioether (sulfide) groups is 1. The number of rotatable bonds is 4. The van der Waals surface area contributed by atoms with E-state index >= 15 is 0 Å². The molecule has 2 atom stereocenters. The van der Waals surface area contributed by atoms with E-state index in [2.05, 4.69) is 40.6 Å². The number of fused-ring (bicyclic) bond motifs is 3. The fourth-order valence-corrected chi connectivity index (χ4v) is 6.40. The van der Waals surface area contributed by atoms with E-state index in [9.17, 15) is 0 Å². The molecule has 2 aromatic rings. The van der Waals surface area contributed by atoms with Crippen molar-refractivity contribution in [1.29, 1.82) is 0 Å². The third-order valence-corrected chi connectivity index (χ3v) is 7.76. The van der Waals surface area contributed by atoms with Gasteiger partial charge in [0.25, 0.3) is 0 Å². The van der Waals surface area contributed by atoms with E-state index in [-0.39, 0.29) is 0 Å². The Kier molecular flexibility index (Phi) is 4.71. The molecule has 2 bridgehead atoms.